The van der Waals surface area contributed by atoms with Crippen molar-refractivity contribution in [1.82, 2.24) is 9.55 Å². The second kappa shape index (κ2) is 5.38. The van der Waals surface area contributed by atoms with E-state index < -0.39 is 5.97 Å². The van der Waals surface area contributed by atoms with Gasteiger partial charge in [-0.05, 0) is 42.4 Å². The molecule has 1 atom stereocenters. The minimum atomic E-state index is -0.910. The molecule has 0 spiro atoms. The van der Waals surface area contributed by atoms with Crippen molar-refractivity contribution in [3.05, 3.63) is 50.2 Å². The van der Waals surface area contributed by atoms with Crippen LogP contribution in [0.25, 0.3) is 0 Å². The van der Waals surface area contributed by atoms with Crippen molar-refractivity contribution in [1.29, 1.82) is 0 Å². The van der Waals surface area contributed by atoms with Crippen molar-refractivity contribution in [3.63, 3.8) is 0 Å². The number of carboxylic acids is 1. The first-order chi connectivity index (χ1) is 9.95. The number of nitrogens with one attached hydrogen (secondary N) is 1. The summed E-state index contributed by atoms with van der Waals surface area (Å²) < 4.78 is 17.2. The molecule has 0 radical (unpaired) electrons. The van der Waals surface area contributed by atoms with E-state index in [2.05, 4.69) is 20.9 Å². The van der Waals surface area contributed by atoms with E-state index in [-0.39, 0.29) is 18.2 Å². The Balaban J connectivity index is 1.96. The number of rotatable bonds is 3. The number of carbonyl (C=O) groups is 1. The molecule has 0 bridgehead atoms. The minimum Gasteiger partial charge on any atom is -0.481 e. The van der Waals surface area contributed by atoms with Gasteiger partial charge in [0.1, 0.15) is 5.82 Å². The molecule has 0 saturated heterocycles. The molecule has 2 heterocycles. The second-order valence-corrected chi connectivity index (χ2v) is 6.41. The Hall–Kier alpha value is -1.47. The number of benzene rings is 1. The first kappa shape index (κ1) is 14.5. The van der Waals surface area contributed by atoms with Gasteiger partial charge < -0.3 is 14.7 Å². The quantitative estimate of drug-likeness (QED) is 0.813. The lowest BCUT2D eigenvalue weighted by Crippen LogP contribution is -2.06. The van der Waals surface area contributed by atoms with Gasteiger partial charge in [-0.15, -0.1) is 0 Å². The smallest absolute Gasteiger partial charge is 0.309 e. The normalized spacial score (nSPS) is 17.0. The van der Waals surface area contributed by atoms with Gasteiger partial charge in [-0.1, -0.05) is 15.9 Å². The minimum absolute atomic E-state index is 0.0265. The van der Waals surface area contributed by atoms with Crippen LogP contribution in [-0.2, 0) is 24.2 Å². The Morgan fingerprint density at radius 1 is 1.57 bits per heavy atom. The summed E-state index contributed by atoms with van der Waals surface area (Å²) in [7, 11) is 0. The molecular weight excluding hydrogens is 359 g/mol. The molecule has 1 aromatic heterocycles. The molecular formula is C14H12BrFN2O2S. The maximum Gasteiger partial charge on any atom is 0.309 e. The predicted molar refractivity (Wildman–Crippen MR) is 81.5 cm³/mol. The fourth-order valence-corrected chi connectivity index (χ4v) is 3.52. The zero-order valence-electron chi connectivity index (χ0n) is 10.9. The van der Waals surface area contributed by atoms with E-state index in [4.69, 9.17) is 17.3 Å². The summed E-state index contributed by atoms with van der Waals surface area (Å²) in [4.78, 5) is 13.8. The third kappa shape index (κ3) is 2.67. The van der Waals surface area contributed by atoms with Crippen LogP contribution in [0.2, 0.25) is 0 Å². The van der Waals surface area contributed by atoms with Gasteiger partial charge in [-0.3, -0.25) is 4.79 Å². The summed E-state index contributed by atoms with van der Waals surface area (Å²) in [5, 5.41) is 8.94. The number of carboxylic acid groups (broad SMARTS) is 1. The lowest BCUT2D eigenvalue weighted by Gasteiger charge is -2.11. The van der Waals surface area contributed by atoms with Crippen LogP contribution in [0.15, 0.2) is 22.7 Å². The van der Waals surface area contributed by atoms with Gasteiger partial charge >= 0.3 is 5.97 Å². The monoisotopic (exact) mass is 370 g/mol. The molecule has 1 aliphatic heterocycles. The molecule has 0 fully saturated rings. The Labute approximate surface area is 133 Å². The second-order valence-electron chi connectivity index (χ2n) is 5.10. The van der Waals surface area contributed by atoms with E-state index in [0.717, 1.165) is 10.2 Å². The molecule has 1 unspecified atom stereocenters. The van der Waals surface area contributed by atoms with Crippen molar-refractivity contribution < 1.29 is 14.3 Å². The predicted octanol–water partition coefficient (Wildman–Crippen LogP) is 3.41. The van der Waals surface area contributed by atoms with Gasteiger partial charge in [0.25, 0.3) is 0 Å². The molecule has 0 aliphatic carbocycles. The Kier molecular flexibility index (Phi) is 3.71. The van der Waals surface area contributed by atoms with Crippen molar-refractivity contribution in [2.24, 2.45) is 0 Å². The fourth-order valence-electron chi connectivity index (χ4n) is 2.83. The molecule has 1 aliphatic rings. The maximum absolute atomic E-state index is 14.0. The average molecular weight is 371 g/mol. The molecule has 7 heteroatoms. The SMILES string of the molecule is O=C(O)Cc1[nH]c(=S)n2c1CC(c1cc(Br)ccc1F)C2. The van der Waals surface area contributed by atoms with Crippen LogP contribution in [0.5, 0.6) is 0 Å². The third-order valence-electron chi connectivity index (χ3n) is 3.75. The van der Waals surface area contributed by atoms with Crippen molar-refractivity contribution in [3.8, 4) is 0 Å². The zero-order valence-corrected chi connectivity index (χ0v) is 13.3. The molecule has 0 saturated carbocycles. The van der Waals surface area contributed by atoms with Crippen molar-refractivity contribution in [2.45, 2.75) is 25.3 Å². The van der Waals surface area contributed by atoms with Crippen LogP contribution in [0.1, 0.15) is 22.9 Å². The van der Waals surface area contributed by atoms with Crippen molar-refractivity contribution >= 4 is 34.1 Å². The highest BCUT2D eigenvalue weighted by Crippen LogP contribution is 2.34. The number of hydrogen-bond acceptors (Lipinski definition) is 2. The van der Waals surface area contributed by atoms with Crippen LogP contribution in [0.4, 0.5) is 4.39 Å². The summed E-state index contributed by atoms with van der Waals surface area (Å²) in [6.07, 6.45) is 0.489. The molecule has 110 valence electrons. The highest BCUT2D eigenvalue weighted by atomic mass is 79.9. The highest BCUT2D eigenvalue weighted by Gasteiger charge is 2.29. The average Bonchev–Trinajstić information content (AvgIpc) is 2.95. The number of imidazole rings is 1. The molecule has 1 aromatic carbocycles. The Morgan fingerprint density at radius 3 is 3.05 bits per heavy atom. The first-order valence-corrected chi connectivity index (χ1v) is 7.63. The summed E-state index contributed by atoms with van der Waals surface area (Å²) in [6.45, 7) is 0.567. The van der Waals surface area contributed by atoms with Gasteiger partial charge in [0.15, 0.2) is 4.77 Å². The van der Waals surface area contributed by atoms with E-state index in [1.165, 1.54) is 6.07 Å². The van der Waals surface area contributed by atoms with Crippen LogP contribution in [0.3, 0.4) is 0 Å². The van der Waals surface area contributed by atoms with E-state index in [1.54, 1.807) is 12.1 Å². The van der Waals surface area contributed by atoms with E-state index in [1.807, 2.05) is 4.57 Å². The van der Waals surface area contributed by atoms with Crippen LogP contribution in [0, 0.1) is 10.6 Å². The summed E-state index contributed by atoms with van der Waals surface area (Å²) >= 11 is 8.58. The number of nitrogens with zero attached hydrogens (tertiary/aromatic N) is 1. The standard InChI is InChI=1S/C14H12BrFN2O2S/c15-8-1-2-10(16)9(4-8)7-3-12-11(5-13(19)20)17-14(21)18(12)6-7/h1-2,4,7H,3,5-6H2,(H,17,21)(H,19,20). The number of halogens is 2. The fraction of sp³-hybridized carbons (Fsp3) is 0.286. The van der Waals surface area contributed by atoms with Crippen LogP contribution < -0.4 is 0 Å². The van der Waals surface area contributed by atoms with E-state index >= 15 is 0 Å². The largest absolute Gasteiger partial charge is 0.481 e. The number of fused-ring (bicyclic) bond motifs is 1. The Morgan fingerprint density at radius 2 is 2.33 bits per heavy atom. The lowest BCUT2D eigenvalue weighted by molar-refractivity contribution is -0.136. The van der Waals surface area contributed by atoms with Crippen LogP contribution in [-0.4, -0.2) is 20.6 Å². The summed E-state index contributed by atoms with van der Waals surface area (Å²) in [6, 6.07) is 4.87. The Bertz CT molecular complexity index is 784. The van der Waals surface area contributed by atoms with Crippen LogP contribution >= 0.6 is 28.1 Å². The topological polar surface area (TPSA) is 58.0 Å². The highest BCUT2D eigenvalue weighted by molar-refractivity contribution is 9.10. The number of aromatic amines is 1. The number of H-pyrrole nitrogens is 1. The molecule has 0 amide bonds. The lowest BCUT2D eigenvalue weighted by atomic mass is 9.96. The van der Waals surface area contributed by atoms with E-state index in [0.29, 0.717) is 29.0 Å². The zero-order chi connectivity index (χ0) is 15.1. The third-order valence-corrected chi connectivity index (χ3v) is 4.56. The van der Waals surface area contributed by atoms with Gasteiger partial charge in [-0.25, -0.2) is 4.39 Å². The van der Waals surface area contributed by atoms with Crippen molar-refractivity contribution in [2.75, 3.05) is 0 Å². The van der Waals surface area contributed by atoms with Gasteiger partial charge in [-0.2, -0.15) is 0 Å². The summed E-state index contributed by atoms with van der Waals surface area (Å²) in [5.41, 5.74) is 2.11. The molecule has 2 aromatic rings. The van der Waals surface area contributed by atoms with Gasteiger partial charge in [0.05, 0.1) is 6.42 Å². The van der Waals surface area contributed by atoms with Gasteiger partial charge in [0, 0.05) is 28.3 Å². The van der Waals surface area contributed by atoms with E-state index in [9.17, 15) is 9.18 Å². The maximum atomic E-state index is 14.0. The molecule has 21 heavy (non-hydrogen) atoms. The molecule has 2 N–H and O–H groups in total. The number of hydrogen-bond donors (Lipinski definition) is 2. The summed E-state index contributed by atoms with van der Waals surface area (Å²) in [5.74, 6) is -1.18. The number of aromatic nitrogens is 2. The number of aliphatic carboxylic acids is 1. The first-order valence-electron chi connectivity index (χ1n) is 6.43. The molecule has 3 rings (SSSR count). The molecule has 4 nitrogen and oxygen atoms in total. The van der Waals surface area contributed by atoms with Gasteiger partial charge in [0.2, 0.25) is 0 Å².